The Hall–Kier alpha value is -1.93. The molecular weight excluding hydrogens is 356 g/mol. The fourth-order valence-electron chi connectivity index (χ4n) is 4.15. The smallest absolute Gasteiger partial charge is 0.256 e. The predicted octanol–water partition coefficient (Wildman–Crippen LogP) is 1.68. The highest BCUT2D eigenvalue weighted by Gasteiger charge is 2.39. The maximum atomic E-state index is 12.9. The van der Waals surface area contributed by atoms with Gasteiger partial charge in [0.05, 0.1) is 13.2 Å². The minimum absolute atomic E-state index is 0.0531. The van der Waals surface area contributed by atoms with Crippen molar-refractivity contribution in [2.45, 2.75) is 25.0 Å². The molecule has 2 aliphatic heterocycles. The number of hydrogen-bond acceptors (Lipinski definition) is 5. The molecule has 2 N–H and O–H groups in total. The first-order valence-electron chi connectivity index (χ1n) is 10.2. The monoisotopic (exact) mass is 386 g/mol. The summed E-state index contributed by atoms with van der Waals surface area (Å²) in [4.78, 5) is 15.3. The molecule has 0 saturated carbocycles. The third kappa shape index (κ3) is 4.07. The van der Waals surface area contributed by atoms with Gasteiger partial charge in [-0.15, -0.1) is 0 Å². The third-order valence-electron chi connectivity index (χ3n) is 6.01. The lowest BCUT2D eigenvalue weighted by Crippen LogP contribution is -2.51. The molecule has 1 aromatic heterocycles. The number of piperidine rings is 1. The zero-order valence-corrected chi connectivity index (χ0v) is 16.6. The molecule has 2 aromatic rings. The summed E-state index contributed by atoms with van der Waals surface area (Å²) in [6.07, 6.45) is 3.51. The number of fused-ring (bicyclic) bond motifs is 1. The molecule has 2 saturated heterocycles. The number of hydrogen-bond donors (Lipinski definition) is 2. The van der Waals surface area contributed by atoms with E-state index in [-0.39, 0.29) is 5.91 Å². The van der Waals surface area contributed by atoms with Crippen molar-refractivity contribution < 1.29 is 14.3 Å². The number of carbonyl (C=O) groups is 1. The normalized spacial score (nSPS) is 20.3. The van der Waals surface area contributed by atoms with Gasteiger partial charge in [-0.05, 0) is 50.2 Å². The van der Waals surface area contributed by atoms with E-state index in [2.05, 4.69) is 38.4 Å². The summed E-state index contributed by atoms with van der Waals surface area (Å²) < 4.78 is 13.3. The van der Waals surface area contributed by atoms with Gasteiger partial charge in [-0.2, -0.15) is 0 Å². The van der Waals surface area contributed by atoms with Gasteiger partial charge in [0.2, 0.25) is 0 Å². The van der Waals surface area contributed by atoms with Crippen LogP contribution in [0.4, 0.5) is 5.69 Å². The Morgan fingerprint density at radius 1 is 1.21 bits per heavy atom. The van der Waals surface area contributed by atoms with E-state index in [0.717, 1.165) is 63.6 Å². The third-order valence-corrected chi connectivity index (χ3v) is 6.01. The second kappa shape index (κ2) is 8.61. The van der Waals surface area contributed by atoms with E-state index in [1.165, 1.54) is 5.52 Å². The standard InChI is InChI=1S/C21H30N4O3/c1-27-21(5-7-22-8-6-21)20(26)23-18-2-3-19-17(16-18)4-9-25(19)11-10-24-12-14-28-15-13-24/h2-4,9,16,22H,5-8,10-15H2,1H3,(H,23,26). The van der Waals surface area contributed by atoms with E-state index in [1.54, 1.807) is 7.11 Å². The van der Waals surface area contributed by atoms with Crippen LogP contribution in [0.15, 0.2) is 30.5 Å². The molecule has 0 atom stereocenters. The molecule has 0 spiro atoms. The van der Waals surface area contributed by atoms with Crippen LogP contribution in [0.25, 0.3) is 10.9 Å². The number of anilines is 1. The quantitative estimate of drug-likeness (QED) is 0.791. The van der Waals surface area contributed by atoms with Crippen LogP contribution in [0, 0.1) is 0 Å². The van der Waals surface area contributed by atoms with Crippen molar-refractivity contribution in [1.29, 1.82) is 0 Å². The molecule has 1 aromatic carbocycles. The first-order chi connectivity index (χ1) is 13.7. The second-order valence-electron chi connectivity index (χ2n) is 7.64. The van der Waals surface area contributed by atoms with E-state index in [1.807, 2.05) is 12.1 Å². The lowest BCUT2D eigenvalue weighted by molar-refractivity contribution is -0.140. The number of carbonyl (C=O) groups excluding carboxylic acids is 1. The van der Waals surface area contributed by atoms with Crippen molar-refractivity contribution in [3.8, 4) is 0 Å². The lowest BCUT2D eigenvalue weighted by Gasteiger charge is -2.34. The van der Waals surface area contributed by atoms with E-state index in [0.29, 0.717) is 12.8 Å². The van der Waals surface area contributed by atoms with Crippen LogP contribution in [0.1, 0.15) is 12.8 Å². The maximum Gasteiger partial charge on any atom is 0.256 e. The first kappa shape index (κ1) is 19.4. The highest BCUT2D eigenvalue weighted by atomic mass is 16.5. The molecule has 0 unspecified atom stereocenters. The number of nitrogens with zero attached hydrogens (tertiary/aromatic N) is 2. The Morgan fingerprint density at radius 2 is 2.00 bits per heavy atom. The first-order valence-corrected chi connectivity index (χ1v) is 10.2. The molecule has 0 aliphatic carbocycles. The molecule has 0 radical (unpaired) electrons. The van der Waals surface area contributed by atoms with Crippen molar-refractivity contribution in [2.75, 3.05) is 58.4 Å². The number of benzene rings is 1. The number of methoxy groups -OCH3 is 1. The van der Waals surface area contributed by atoms with Gasteiger partial charge >= 0.3 is 0 Å². The summed E-state index contributed by atoms with van der Waals surface area (Å²) in [5, 5.41) is 7.48. The van der Waals surface area contributed by atoms with Crippen molar-refractivity contribution >= 4 is 22.5 Å². The second-order valence-corrected chi connectivity index (χ2v) is 7.64. The highest BCUT2D eigenvalue weighted by Crippen LogP contribution is 2.26. The van der Waals surface area contributed by atoms with Crippen LogP contribution >= 0.6 is 0 Å². The van der Waals surface area contributed by atoms with Crippen LogP contribution in [-0.4, -0.2) is 74.0 Å². The minimum Gasteiger partial charge on any atom is -0.379 e. The van der Waals surface area contributed by atoms with Gasteiger partial charge in [0, 0.05) is 56.1 Å². The highest BCUT2D eigenvalue weighted by molar-refractivity contribution is 5.99. The van der Waals surface area contributed by atoms with Gasteiger partial charge in [-0.25, -0.2) is 0 Å². The molecule has 0 bridgehead atoms. The summed E-state index contributed by atoms with van der Waals surface area (Å²) in [5.74, 6) is -0.0531. The SMILES string of the molecule is COC1(C(=O)Nc2ccc3c(ccn3CCN3CCOCC3)c2)CCNCC1. The number of nitrogens with one attached hydrogen (secondary N) is 2. The molecule has 2 aliphatic rings. The molecule has 1 amide bonds. The summed E-state index contributed by atoms with van der Waals surface area (Å²) in [5.41, 5.74) is 1.28. The fraction of sp³-hybridized carbons (Fsp3) is 0.571. The Kier molecular flexibility index (Phi) is 5.96. The average Bonchev–Trinajstić information content (AvgIpc) is 3.15. The molecule has 3 heterocycles. The largest absolute Gasteiger partial charge is 0.379 e. The van der Waals surface area contributed by atoms with Gasteiger partial charge in [-0.1, -0.05) is 0 Å². The van der Waals surface area contributed by atoms with E-state index in [4.69, 9.17) is 9.47 Å². The number of aromatic nitrogens is 1. The number of amides is 1. The van der Waals surface area contributed by atoms with Crippen LogP contribution in [0.3, 0.4) is 0 Å². The summed E-state index contributed by atoms with van der Waals surface area (Å²) in [6.45, 7) is 7.24. The summed E-state index contributed by atoms with van der Waals surface area (Å²) in [7, 11) is 1.63. The van der Waals surface area contributed by atoms with Gasteiger partial charge in [-0.3, -0.25) is 9.69 Å². The van der Waals surface area contributed by atoms with Crippen LogP contribution in [-0.2, 0) is 20.8 Å². The summed E-state index contributed by atoms with van der Waals surface area (Å²) in [6, 6.07) is 8.23. The molecular formula is C21H30N4O3. The fourth-order valence-corrected chi connectivity index (χ4v) is 4.15. The number of morpholine rings is 1. The molecule has 7 nitrogen and oxygen atoms in total. The van der Waals surface area contributed by atoms with Gasteiger partial charge in [0.1, 0.15) is 5.60 Å². The van der Waals surface area contributed by atoms with Gasteiger partial charge in [0.25, 0.3) is 5.91 Å². The van der Waals surface area contributed by atoms with Crippen molar-refractivity contribution in [3.05, 3.63) is 30.5 Å². The molecule has 152 valence electrons. The molecule has 7 heteroatoms. The summed E-state index contributed by atoms with van der Waals surface area (Å²) >= 11 is 0. The zero-order valence-electron chi connectivity index (χ0n) is 16.6. The Bertz CT molecular complexity index is 807. The topological polar surface area (TPSA) is 67.8 Å². The average molecular weight is 386 g/mol. The van der Waals surface area contributed by atoms with Gasteiger partial charge < -0.3 is 24.7 Å². The van der Waals surface area contributed by atoms with Crippen molar-refractivity contribution in [1.82, 2.24) is 14.8 Å². The van der Waals surface area contributed by atoms with E-state index >= 15 is 0 Å². The minimum atomic E-state index is -0.732. The number of rotatable bonds is 6. The molecule has 4 rings (SSSR count). The zero-order chi connectivity index (χ0) is 19.4. The predicted molar refractivity (Wildman–Crippen MR) is 110 cm³/mol. The van der Waals surface area contributed by atoms with Crippen LogP contribution < -0.4 is 10.6 Å². The van der Waals surface area contributed by atoms with E-state index < -0.39 is 5.60 Å². The Morgan fingerprint density at radius 3 is 2.75 bits per heavy atom. The maximum absolute atomic E-state index is 12.9. The Balaban J connectivity index is 1.42. The molecule has 28 heavy (non-hydrogen) atoms. The van der Waals surface area contributed by atoms with E-state index in [9.17, 15) is 4.79 Å². The Labute approximate surface area is 166 Å². The van der Waals surface area contributed by atoms with Crippen molar-refractivity contribution in [2.24, 2.45) is 0 Å². The number of ether oxygens (including phenoxy) is 2. The van der Waals surface area contributed by atoms with Crippen LogP contribution in [0.5, 0.6) is 0 Å². The van der Waals surface area contributed by atoms with Gasteiger partial charge in [0.15, 0.2) is 0 Å². The van der Waals surface area contributed by atoms with Crippen LogP contribution in [0.2, 0.25) is 0 Å². The molecule has 2 fully saturated rings. The lowest BCUT2D eigenvalue weighted by atomic mass is 9.91. The van der Waals surface area contributed by atoms with Crippen molar-refractivity contribution in [3.63, 3.8) is 0 Å².